The first-order valence-electron chi connectivity index (χ1n) is 10.4. The maximum Gasteiger partial charge on any atom is 0.253 e. The molecular weight excluding hydrogens is 429 g/mol. The summed E-state index contributed by atoms with van der Waals surface area (Å²) in [5.41, 5.74) is 7.52. The number of rotatable bonds is 8. The molecule has 166 valence electrons. The number of nitrogens with two attached hydrogens (primary N) is 1. The quantitative estimate of drug-likeness (QED) is 0.486. The second kappa shape index (κ2) is 9.54. The van der Waals surface area contributed by atoms with E-state index in [-0.39, 0.29) is 41.6 Å². The van der Waals surface area contributed by atoms with Crippen molar-refractivity contribution in [2.75, 3.05) is 0 Å². The van der Waals surface area contributed by atoms with Crippen molar-refractivity contribution < 1.29 is 14.0 Å². The molecule has 32 heavy (non-hydrogen) atoms. The molecule has 2 heterocycles. The third kappa shape index (κ3) is 5.17. The highest BCUT2D eigenvalue weighted by Gasteiger charge is 2.25. The number of carbonyl (C=O) groups is 2. The van der Waals surface area contributed by atoms with E-state index < -0.39 is 5.82 Å². The lowest BCUT2D eigenvalue weighted by Gasteiger charge is -2.14. The van der Waals surface area contributed by atoms with Gasteiger partial charge in [-0.15, -0.1) is 11.3 Å². The van der Waals surface area contributed by atoms with Crippen LogP contribution in [-0.2, 0) is 13.0 Å². The predicted molar refractivity (Wildman–Crippen MR) is 121 cm³/mol. The van der Waals surface area contributed by atoms with Crippen LogP contribution < -0.4 is 16.4 Å². The Bertz CT molecular complexity index is 1110. The number of halogens is 1. The van der Waals surface area contributed by atoms with E-state index in [4.69, 9.17) is 5.73 Å². The Kier molecular flexibility index (Phi) is 6.57. The summed E-state index contributed by atoms with van der Waals surface area (Å²) in [6.45, 7) is 1.87. The van der Waals surface area contributed by atoms with E-state index in [1.807, 2.05) is 12.3 Å². The van der Waals surface area contributed by atoms with Crippen LogP contribution in [0.3, 0.4) is 0 Å². The molecule has 0 radical (unpaired) electrons. The average Bonchev–Trinajstić information content (AvgIpc) is 3.45. The van der Waals surface area contributed by atoms with Crippen LogP contribution in [0.25, 0.3) is 11.3 Å². The Balaban J connectivity index is 1.51. The number of nitrogens with one attached hydrogen (secondary N) is 2. The highest BCUT2D eigenvalue weighted by atomic mass is 32.1. The van der Waals surface area contributed by atoms with E-state index in [0.717, 1.165) is 17.8 Å². The first-order chi connectivity index (χ1) is 15.4. The van der Waals surface area contributed by atoms with Gasteiger partial charge < -0.3 is 16.4 Å². The lowest BCUT2D eigenvalue weighted by atomic mass is 9.99. The van der Waals surface area contributed by atoms with Crippen LogP contribution in [-0.4, -0.2) is 33.9 Å². The van der Waals surface area contributed by atoms with Gasteiger partial charge in [0.15, 0.2) is 0 Å². The minimum Gasteiger partial charge on any atom is -0.349 e. The Hall–Kier alpha value is -3.17. The van der Waals surface area contributed by atoms with Crippen molar-refractivity contribution in [2.45, 2.75) is 44.8 Å². The van der Waals surface area contributed by atoms with E-state index in [0.29, 0.717) is 23.2 Å². The SMILES string of the molecule is CC(Cc1nccs1)NC(=O)c1ccc(-c2cc(C(=O)NC3CC3)cc(F)c2CN)nc1. The summed E-state index contributed by atoms with van der Waals surface area (Å²) in [5.74, 6) is -1.12. The van der Waals surface area contributed by atoms with Gasteiger partial charge in [-0.05, 0) is 44.0 Å². The molecule has 2 aromatic heterocycles. The molecule has 7 nitrogen and oxygen atoms in total. The van der Waals surface area contributed by atoms with Crippen LogP contribution in [0.2, 0.25) is 0 Å². The molecular formula is C23H24FN5O2S. The predicted octanol–water partition coefficient (Wildman–Crippen LogP) is 3.06. The zero-order valence-electron chi connectivity index (χ0n) is 17.6. The van der Waals surface area contributed by atoms with Gasteiger partial charge in [0, 0.05) is 59.5 Å². The Labute approximate surface area is 189 Å². The molecule has 2 amide bonds. The second-order valence-electron chi connectivity index (χ2n) is 7.87. The van der Waals surface area contributed by atoms with Crippen LogP contribution in [0.1, 0.15) is 51.1 Å². The van der Waals surface area contributed by atoms with Gasteiger partial charge in [-0.1, -0.05) is 0 Å². The fraction of sp³-hybridized carbons (Fsp3) is 0.304. The van der Waals surface area contributed by atoms with Crippen molar-refractivity contribution in [3.63, 3.8) is 0 Å². The molecule has 0 bridgehead atoms. The molecule has 1 saturated carbocycles. The fourth-order valence-electron chi connectivity index (χ4n) is 3.36. The van der Waals surface area contributed by atoms with E-state index >= 15 is 0 Å². The van der Waals surface area contributed by atoms with Crippen LogP contribution in [0.15, 0.2) is 42.0 Å². The molecule has 4 N–H and O–H groups in total. The van der Waals surface area contributed by atoms with Crippen molar-refractivity contribution in [3.05, 3.63) is 69.6 Å². The normalized spacial score (nSPS) is 14.1. The lowest BCUT2D eigenvalue weighted by molar-refractivity contribution is 0.0935. The van der Waals surface area contributed by atoms with Crippen LogP contribution >= 0.6 is 11.3 Å². The summed E-state index contributed by atoms with van der Waals surface area (Å²) in [5, 5.41) is 8.64. The summed E-state index contributed by atoms with van der Waals surface area (Å²) < 4.78 is 14.7. The smallest absolute Gasteiger partial charge is 0.253 e. The lowest BCUT2D eigenvalue weighted by Crippen LogP contribution is -2.34. The minimum absolute atomic E-state index is 0.0378. The number of aromatic nitrogens is 2. The van der Waals surface area contributed by atoms with E-state index in [1.165, 1.54) is 12.3 Å². The molecule has 4 rings (SSSR count). The van der Waals surface area contributed by atoms with Crippen molar-refractivity contribution in [2.24, 2.45) is 5.73 Å². The van der Waals surface area contributed by atoms with Crippen LogP contribution in [0.5, 0.6) is 0 Å². The summed E-state index contributed by atoms with van der Waals surface area (Å²) in [6, 6.07) is 6.14. The number of amides is 2. The van der Waals surface area contributed by atoms with E-state index in [1.54, 1.807) is 35.7 Å². The highest BCUT2D eigenvalue weighted by Crippen LogP contribution is 2.27. The van der Waals surface area contributed by atoms with E-state index in [2.05, 4.69) is 20.6 Å². The van der Waals surface area contributed by atoms with Crippen LogP contribution in [0.4, 0.5) is 4.39 Å². The summed E-state index contributed by atoms with van der Waals surface area (Å²) in [4.78, 5) is 33.5. The zero-order chi connectivity index (χ0) is 22.7. The zero-order valence-corrected chi connectivity index (χ0v) is 18.4. The number of carbonyl (C=O) groups excluding carboxylic acids is 2. The molecule has 3 aromatic rings. The third-order valence-corrected chi connectivity index (χ3v) is 6.02. The monoisotopic (exact) mass is 453 g/mol. The summed E-state index contributed by atoms with van der Waals surface area (Å²) in [6.07, 6.45) is 5.70. The Morgan fingerprint density at radius 2 is 2.03 bits per heavy atom. The summed E-state index contributed by atoms with van der Waals surface area (Å²) >= 11 is 1.54. The van der Waals surface area contributed by atoms with Gasteiger partial charge in [-0.25, -0.2) is 9.37 Å². The van der Waals surface area contributed by atoms with Crippen LogP contribution in [0, 0.1) is 5.82 Å². The van der Waals surface area contributed by atoms with Gasteiger partial charge in [-0.2, -0.15) is 0 Å². The third-order valence-electron chi connectivity index (χ3n) is 5.22. The molecule has 1 aliphatic carbocycles. The molecule has 1 aliphatic rings. The number of benzene rings is 1. The van der Waals surface area contributed by atoms with Crippen molar-refractivity contribution in [1.82, 2.24) is 20.6 Å². The largest absolute Gasteiger partial charge is 0.349 e. The van der Waals surface area contributed by atoms with Gasteiger partial charge in [0.1, 0.15) is 5.82 Å². The number of thiazole rings is 1. The van der Waals surface area contributed by atoms with Crippen molar-refractivity contribution >= 4 is 23.2 Å². The maximum atomic E-state index is 14.7. The first kappa shape index (κ1) is 22.0. The molecule has 0 spiro atoms. The van der Waals surface area contributed by atoms with Gasteiger partial charge in [0.25, 0.3) is 11.8 Å². The van der Waals surface area contributed by atoms with Gasteiger partial charge >= 0.3 is 0 Å². The minimum atomic E-state index is -0.550. The number of pyridine rings is 1. The maximum absolute atomic E-state index is 14.7. The molecule has 1 atom stereocenters. The molecule has 1 aromatic carbocycles. The summed E-state index contributed by atoms with van der Waals surface area (Å²) in [7, 11) is 0. The number of hydrogen-bond donors (Lipinski definition) is 3. The Morgan fingerprint density at radius 3 is 2.66 bits per heavy atom. The molecule has 1 fully saturated rings. The second-order valence-corrected chi connectivity index (χ2v) is 8.85. The van der Waals surface area contributed by atoms with Crippen molar-refractivity contribution in [1.29, 1.82) is 0 Å². The fourth-order valence-corrected chi connectivity index (χ4v) is 4.11. The van der Waals surface area contributed by atoms with Crippen molar-refractivity contribution in [3.8, 4) is 11.3 Å². The average molecular weight is 454 g/mol. The molecule has 0 aliphatic heterocycles. The molecule has 9 heteroatoms. The number of hydrogen-bond acceptors (Lipinski definition) is 6. The standard InChI is InChI=1S/C23H24FN5O2S/c1-13(8-21-26-6-7-32-21)28-22(30)14-2-5-20(27-12-14)17-9-15(10-19(24)18(17)11-25)23(31)29-16-3-4-16/h2,5-7,9-10,12-13,16H,3-4,8,11,25H2,1H3,(H,28,30)(H,29,31). The Morgan fingerprint density at radius 1 is 1.22 bits per heavy atom. The van der Waals surface area contributed by atoms with Gasteiger partial charge in [-0.3, -0.25) is 14.6 Å². The van der Waals surface area contributed by atoms with Gasteiger partial charge in [0.05, 0.1) is 16.3 Å². The first-order valence-corrected chi connectivity index (χ1v) is 11.3. The molecule has 0 saturated heterocycles. The highest BCUT2D eigenvalue weighted by molar-refractivity contribution is 7.09. The van der Waals surface area contributed by atoms with Gasteiger partial charge in [0.2, 0.25) is 0 Å². The van der Waals surface area contributed by atoms with E-state index in [9.17, 15) is 14.0 Å². The topological polar surface area (TPSA) is 110 Å². The number of nitrogens with zero attached hydrogens (tertiary/aromatic N) is 2. The molecule has 1 unspecified atom stereocenters.